The van der Waals surface area contributed by atoms with Gasteiger partial charge in [0, 0.05) is 0 Å². The summed E-state index contributed by atoms with van der Waals surface area (Å²) >= 11 is 0. The molecule has 0 unspecified atom stereocenters. The van der Waals surface area contributed by atoms with Gasteiger partial charge in [-0.3, -0.25) is 0 Å². The smallest absolute Gasteiger partial charge is 0.748 e. The second-order valence-corrected chi connectivity index (χ2v) is 7.02. The molecule has 0 bridgehead atoms. The predicted octanol–water partition coefficient (Wildman–Crippen LogP) is -1.07. The summed E-state index contributed by atoms with van der Waals surface area (Å²) in [7, 11) is -4.20. The van der Waals surface area contributed by atoms with Crippen LogP contribution in [0.3, 0.4) is 0 Å². The van der Waals surface area contributed by atoms with Crippen molar-refractivity contribution in [3.63, 3.8) is 0 Å². The van der Waals surface area contributed by atoms with Crippen molar-refractivity contribution in [2.24, 2.45) is 0 Å². The molecule has 1 aromatic carbocycles. The van der Waals surface area contributed by atoms with Gasteiger partial charge in [0.05, 0.1) is 29.1 Å². The Bertz CT molecular complexity index is 505. The van der Waals surface area contributed by atoms with Gasteiger partial charge in [0.25, 0.3) is 0 Å². The molecule has 7 heteroatoms. The summed E-state index contributed by atoms with van der Waals surface area (Å²) in [6.07, 6.45) is 0. The maximum Gasteiger partial charge on any atom is 1.00 e. The average Bonchev–Trinajstić information content (AvgIpc) is 2.32. The van der Waals surface area contributed by atoms with Crippen LogP contribution in [0.2, 0.25) is 0 Å². The molecule has 0 aliphatic heterocycles. The fraction of sp³-hybridized carbons (Fsp3) is 0.571. The summed E-state index contributed by atoms with van der Waals surface area (Å²) in [5, 5.41) is 0. The van der Waals surface area contributed by atoms with Crippen LogP contribution in [0.1, 0.15) is 26.3 Å². The zero-order valence-electron chi connectivity index (χ0n) is 13.1. The summed E-state index contributed by atoms with van der Waals surface area (Å²) in [5.41, 5.74) is 1.33. The molecule has 0 aliphatic carbocycles. The van der Waals surface area contributed by atoms with Crippen molar-refractivity contribution in [2.75, 3.05) is 25.6 Å². The quantitative estimate of drug-likeness (QED) is 0.363. The van der Waals surface area contributed by atoms with Gasteiger partial charge in [-0.2, -0.15) is 0 Å². The monoisotopic (exact) mass is 324 g/mol. The van der Waals surface area contributed by atoms with E-state index in [2.05, 4.69) is 20.8 Å². The average molecular weight is 324 g/mol. The zero-order chi connectivity index (χ0) is 15.2. The molecule has 1 aromatic rings. The van der Waals surface area contributed by atoms with Crippen molar-refractivity contribution >= 4 is 10.1 Å². The second-order valence-electron chi connectivity index (χ2n) is 5.50. The molecule has 0 heterocycles. The summed E-state index contributed by atoms with van der Waals surface area (Å²) < 4.78 is 41.5. The van der Waals surface area contributed by atoms with Gasteiger partial charge in [-0.1, -0.05) is 32.9 Å². The zero-order valence-corrected chi connectivity index (χ0v) is 15.9. The maximum absolute atomic E-state index is 10.3. The third-order valence-electron chi connectivity index (χ3n) is 2.69. The molecular formula is C14H21NaO5S. The standard InChI is InChI=1S/C14H22O5S.Na/c1-14(2,3)12-4-6-13(7-5-12)19-9-8-18-10-11-20(15,16)17;/h4-7H,8-11H2,1-3H3,(H,15,16,17);/q;+1/p-1. The van der Waals surface area contributed by atoms with E-state index in [0.29, 0.717) is 6.61 Å². The normalized spacial score (nSPS) is 11.8. The summed E-state index contributed by atoms with van der Waals surface area (Å²) in [6, 6.07) is 7.81. The van der Waals surface area contributed by atoms with E-state index in [9.17, 15) is 13.0 Å². The first-order chi connectivity index (χ1) is 9.18. The molecule has 0 aliphatic rings. The van der Waals surface area contributed by atoms with Crippen LogP contribution in [-0.4, -0.2) is 38.5 Å². The Morgan fingerprint density at radius 1 is 1.05 bits per heavy atom. The van der Waals surface area contributed by atoms with Crippen LogP contribution in [0.4, 0.5) is 0 Å². The Hall–Kier alpha value is -0.110. The molecule has 114 valence electrons. The van der Waals surface area contributed by atoms with Gasteiger partial charge < -0.3 is 14.0 Å². The van der Waals surface area contributed by atoms with Gasteiger partial charge in [-0.15, -0.1) is 0 Å². The Balaban J connectivity index is 0.00000400. The van der Waals surface area contributed by atoms with E-state index in [-0.39, 0.29) is 48.2 Å². The van der Waals surface area contributed by atoms with E-state index in [4.69, 9.17) is 9.47 Å². The predicted molar refractivity (Wildman–Crippen MR) is 76.0 cm³/mol. The minimum Gasteiger partial charge on any atom is -0.748 e. The van der Waals surface area contributed by atoms with Gasteiger partial charge in [0.2, 0.25) is 0 Å². The molecule has 0 N–H and O–H groups in total. The Labute approximate surface area is 149 Å². The van der Waals surface area contributed by atoms with Crippen LogP contribution in [0, 0.1) is 0 Å². The van der Waals surface area contributed by atoms with Gasteiger partial charge in [-0.05, 0) is 23.1 Å². The number of hydrogen-bond acceptors (Lipinski definition) is 5. The van der Waals surface area contributed by atoms with Crippen molar-refractivity contribution in [3.05, 3.63) is 29.8 Å². The number of hydrogen-bond donors (Lipinski definition) is 0. The summed E-state index contributed by atoms with van der Waals surface area (Å²) in [4.78, 5) is 0. The first-order valence-electron chi connectivity index (χ1n) is 6.43. The number of ether oxygens (including phenoxy) is 2. The molecule has 21 heavy (non-hydrogen) atoms. The maximum atomic E-state index is 10.3. The molecule has 0 atom stereocenters. The minimum atomic E-state index is -4.20. The molecule has 5 nitrogen and oxygen atoms in total. The second kappa shape index (κ2) is 9.12. The Kier molecular flexibility index (Phi) is 9.08. The van der Waals surface area contributed by atoms with Crippen LogP contribution in [0.5, 0.6) is 5.75 Å². The van der Waals surface area contributed by atoms with E-state index < -0.39 is 15.9 Å². The van der Waals surface area contributed by atoms with E-state index in [1.807, 2.05) is 24.3 Å². The van der Waals surface area contributed by atoms with Crippen LogP contribution in [0.25, 0.3) is 0 Å². The van der Waals surface area contributed by atoms with Gasteiger partial charge in [0.1, 0.15) is 12.4 Å². The number of rotatable bonds is 7. The SMILES string of the molecule is CC(C)(C)c1ccc(OCCOCCS(=O)(=O)[O-])cc1.[Na+]. The van der Waals surface area contributed by atoms with Crippen molar-refractivity contribution in [1.29, 1.82) is 0 Å². The molecule has 1 rings (SSSR count). The van der Waals surface area contributed by atoms with E-state index >= 15 is 0 Å². The van der Waals surface area contributed by atoms with E-state index in [0.717, 1.165) is 5.75 Å². The fourth-order valence-electron chi connectivity index (χ4n) is 1.53. The molecule has 0 aromatic heterocycles. The van der Waals surface area contributed by atoms with Gasteiger partial charge in [0.15, 0.2) is 0 Å². The van der Waals surface area contributed by atoms with Crippen LogP contribution < -0.4 is 34.3 Å². The van der Waals surface area contributed by atoms with E-state index in [1.54, 1.807) is 0 Å². The van der Waals surface area contributed by atoms with Crippen molar-refractivity contribution < 1.29 is 52.0 Å². The molecule has 0 saturated carbocycles. The van der Waals surface area contributed by atoms with Crippen molar-refractivity contribution in [2.45, 2.75) is 26.2 Å². The van der Waals surface area contributed by atoms with Gasteiger partial charge >= 0.3 is 29.6 Å². The third-order valence-corrected chi connectivity index (χ3v) is 3.36. The van der Waals surface area contributed by atoms with Crippen LogP contribution in [0.15, 0.2) is 24.3 Å². The number of benzene rings is 1. The third kappa shape index (κ3) is 9.50. The summed E-state index contributed by atoms with van der Waals surface area (Å²) in [6.45, 7) is 6.88. The molecule has 0 saturated heterocycles. The first kappa shape index (κ1) is 20.9. The molecule has 0 fully saturated rings. The Morgan fingerprint density at radius 2 is 1.62 bits per heavy atom. The van der Waals surface area contributed by atoms with Crippen molar-refractivity contribution in [3.8, 4) is 5.75 Å². The first-order valence-corrected chi connectivity index (χ1v) is 8.01. The Morgan fingerprint density at radius 3 is 2.10 bits per heavy atom. The fourth-order valence-corrected chi connectivity index (χ4v) is 1.85. The molecule has 0 spiro atoms. The van der Waals surface area contributed by atoms with Gasteiger partial charge in [-0.25, -0.2) is 8.42 Å². The topological polar surface area (TPSA) is 75.7 Å². The van der Waals surface area contributed by atoms with Crippen LogP contribution >= 0.6 is 0 Å². The van der Waals surface area contributed by atoms with Crippen LogP contribution in [-0.2, 0) is 20.3 Å². The minimum absolute atomic E-state index is 0. The molecule has 0 amide bonds. The largest absolute Gasteiger partial charge is 1.00 e. The van der Waals surface area contributed by atoms with Crippen molar-refractivity contribution in [1.82, 2.24) is 0 Å². The van der Waals surface area contributed by atoms with E-state index in [1.165, 1.54) is 5.56 Å². The molecular weight excluding hydrogens is 303 g/mol. The summed E-state index contributed by atoms with van der Waals surface area (Å²) in [5.74, 6) is 0.228. The molecule has 0 radical (unpaired) electrons.